The summed E-state index contributed by atoms with van der Waals surface area (Å²) >= 11 is 0. The summed E-state index contributed by atoms with van der Waals surface area (Å²) in [5.74, 6) is 0. The third-order valence-corrected chi connectivity index (χ3v) is 6.43. The van der Waals surface area contributed by atoms with Crippen molar-refractivity contribution in [1.82, 2.24) is 14.3 Å². The largest absolute Gasteiger partial charge is 0.346 e. The molecule has 0 radical (unpaired) electrons. The highest BCUT2D eigenvalue weighted by molar-refractivity contribution is 7.89. The zero-order valence-electron chi connectivity index (χ0n) is 13.9. The third kappa shape index (κ3) is 2.79. The Morgan fingerprint density at radius 1 is 1.23 bits per heavy atom. The van der Waals surface area contributed by atoms with Crippen LogP contribution in [-0.2, 0) is 10.0 Å². The fourth-order valence-electron chi connectivity index (χ4n) is 3.21. The van der Waals surface area contributed by atoms with E-state index in [4.69, 9.17) is 5.26 Å². The summed E-state index contributed by atoms with van der Waals surface area (Å²) < 4.78 is 27.1. The second kappa shape index (κ2) is 6.41. The summed E-state index contributed by atoms with van der Waals surface area (Å²) in [5, 5.41) is 10.0. The highest BCUT2D eigenvalue weighted by Gasteiger charge is 2.27. The highest BCUT2D eigenvalue weighted by Crippen LogP contribution is 2.30. The number of benzene rings is 1. The van der Waals surface area contributed by atoms with E-state index in [-0.39, 0.29) is 4.90 Å². The smallest absolute Gasteiger partial charge is 0.243 e. The van der Waals surface area contributed by atoms with Crippen molar-refractivity contribution in [3.05, 3.63) is 66.0 Å². The summed E-state index contributed by atoms with van der Waals surface area (Å²) in [6.45, 7) is 0.708. The van der Waals surface area contributed by atoms with Gasteiger partial charge in [-0.05, 0) is 42.3 Å². The number of sulfonamides is 1. The standard InChI is InChI=1S/C19H16N4O2S/c20-12-14-3-1-4-16(11-14)26(24,25)23-9-6-15(7-10-23)18-13-22-19-17(18)5-2-8-21-19/h1-6,8,11,13H,7,9-10H2,(H,21,22). The molecule has 7 heteroatoms. The summed E-state index contributed by atoms with van der Waals surface area (Å²) in [4.78, 5) is 7.60. The topological polar surface area (TPSA) is 89.9 Å². The molecule has 2 aromatic heterocycles. The monoisotopic (exact) mass is 364 g/mol. The summed E-state index contributed by atoms with van der Waals surface area (Å²) in [6, 6.07) is 12.0. The molecule has 0 saturated carbocycles. The van der Waals surface area contributed by atoms with Gasteiger partial charge in [0.05, 0.1) is 16.5 Å². The van der Waals surface area contributed by atoms with E-state index < -0.39 is 10.0 Å². The predicted molar refractivity (Wildman–Crippen MR) is 98.6 cm³/mol. The molecule has 26 heavy (non-hydrogen) atoms. The molecule has 4 rings (SSSR count). The van der Waals surface area contributed by atoms with Crippen LogP contribution in [0, 0.1) is 11.3 Å². The average molecular weight is 364 g/mol. The number of nitriles is 1. The van der Waals surface area contributed by atoms with Crippen LogP contribution >= 0.6 is 0 Å². The maximum atomic E-state index is 12.8. The molecular formula is C19H16N4O2S. The normalized spacial score (nSPS) is 15.6. The lowest BCUT2D eigenvalue weighted by Gasteiger charge is -2.25. The van der Waals surface area contributed by atoms with Gasteiger partial charge >= 0.3 is 0 Å². The van der Waals surface area contributed by atoms with Crippen LogP contribution in [-0.4, -0.2) is 35.8 Å². The van der Waals surface area contributed by atoms with Crippen molar-refractivity contribution in [3.8, 4) is 6.07 Å². The first-order valence-electron chi connectivity index (χ1n) is 8.21. The molecule has 0 bridgehead atoms. The van der Waals surface area contributed by atoms with Crippen LogP contribution < -0.4 is 0 Å². The second-order valence-electron chi connectivity index (χ2n) is 6.08. The first-order valence-corrected chi connectivity index (χ1v) is 9.65. The number of pyridine rings is 1. The van der Waals surface area contributed by atoms with Gasteiger partial charge in [-0.15, -0.1) is 0 Å². The van der Waals surface area contributed by atoms with Gasteiger partial charge in [-0.2, -0.15) is 9.57 Å². The number of hydrogen-bond donors (Lipinski definition) is 1. The van der Waals surface area contributed by atoms with E-state index in [0.717, 1.165) is 22.2 Å². The van der Waals surface area contributed by atoms with Gasteiger partial charge in [0.2, 0.25) is 10.0 Å². The van der Waals surface area contributed by atoms with Crippen molar-refractivity contribution in [3.63, 3.8) is 0 Å². The number of H-pyrrole nitrogens is 1. The Kier molecular flexibility index (Phi) is 4.07. The number of aromatic amines is 1. The minimum absolute atomic E-state index is 0.157. The van der Waals surface area contributed by atoms with E-state index in [1.54, 1.807) is 18.3 Å². The molecule has 1 N–H and O–H groups in total. The van der Waals surface area contributed by atoms with E-state index in [1.807, 2.05) is 30.5 Å². The van der Waals surface area contributed by atoms with Gasteiger partial charge in [0, 0.05) is 36.4 Å². The van der Waals surface area contributed by atoms with Crippen molar-refractivity contribution in [2.24, 2.45) is 0 Å². The zero-order chi connectivity index (χ0) is 18.1. The van der Waals surface area contributed by atoms with Gasteiger partial charge in [-0.3, -0.25) is 0 Å². The Morgan fingerprint density at radius 2 is 2.12 bits per heavy atom. The maximum absolute atomic E-state index is 12.8. The van der Waals surface area contributed by atoms with Crippen LogP contribution in [0.3, 0.4) is 0 Å². The Morgan fingerprint density at radius 3 is 2.88 bits per heavy atom. The van der Waals surface area contributed by atoms with E-state index in [2.05, 4.69) is 9.97 Å². The molecule has 3 heterocycles. The van der Waals surface area contributed by atoms with Gasteiger partial charge in [0.15, 0.2) is 0 Å². The van der Waals surface area contributed by atoms with Gasteiger partial charge in [0.25, 0.3) is 0 Å². The first kappa shape index (κ1) is 16.5. The maximum Gasteiger partial charge on any atom is 0.243 e. The summed E-state index contributed by atoms with van der Waals surface area (Å²) in [7, 11) is -3.61. The molecule has 3 aromatic rings. The molecule has 130 valence electrons. The van der Waals surface area contributed by atoms with E-state index in [1.165, 1.54) is 16.4 Å². The molecule has 0 amide bonds. The van der Waals surface area contributed by atoms with Crippen LogP contribution in [0.15, 0.2) is 59.8 Å². The minimum atomic E-state index is -3.61. The lowest BCUT2D eigenvalue weighted by atomic mass is 10.0. The van der Waals surface area contributed by atoms with Crippen LogP contribution in [0.25, 0.3) is 16.6 Å². The Balaban J connectivity index is 1.62. The van der Waals surface area contributed by atoms with Gasteiger partial charge in [-0.1, -0.05) is 12.1 Å². The molecule has 0 spiro atoms. The number of hydrogen-bond acceptors (Lipinski definition) is 4. The number of fused-ring (bicyclic) bond motifs is 1. The first-order chi connectivity index (χ1) is 12.6. The SMILES string of the molecule is N#Cc1cccc(S(=O)(=O)N2CC=C(c3c[nH]c4ncccc34)CC2)c1. The molecule has 6 nitrogen and oxygen atoms in total. The molecule has 1 aromatic carbocycles. The zero-order valence-corrected chi connectivity index (χ0v) is 14.7. The van der Waals surface area contributed by atoms with Crippen molar-refractivity contribution in [2.75, 3.05) is 13.1 Å². The Labute approximate surface area is 151 Å². The summed E-state index contributed by atoms with van der Waals surface area (Å²) in [5.41, 5.74) is 3.34. The molecule has 0 atom stereocenters. The van der Waals surface area contributed by atoms with Crippen molar-refractivity contribution in [2.45, 2.75) is 11.3 Å². The highest BCUT2D eigenvalue weighted by atomic mass is 32.2. The lowest BCUT2D eigenvalue weighted by molar-refractivity contribution is 0.441. The lowest BCUT2D eigenvalue weighted by Crippen LogP contribution is -2.34. The molecule has 0 unspecified atom stereocenters. The van der Waals surface area contributed by atoms with E-state index in [0.29, 0.717) is 25.1 Å². The predicted octanol–water partition coefficient (Wildman–Crippen LogP) is 2.91. The van der Waals surface area contributed by atoms with E-state index in [9.17, 15) is 8.42 Å². The van der Waals surface area contributed by atoms with Crippen LogP contribution in [0.4, 0.5) is 0 Å². The molecule has 1 aliphatic rings. The Bertz CT molecular complexity index is 1160. The quantitative estimate of drug-likeness (QED) is 0.774. The van der Waals surface area contributed by atoms with E-state index >= 15 is 0 Å². The number of rotatable bonds is 3. The fourth-order valence-corrected chi connectivity index (χ4v) is 4.64. The fraction of sp³-hybridized carbons (Fsp3) is 0.158. The van der Waals surface area contributed by atoms with Crippen LogP contribution in [0.2, 0.25) is 0 Å². The molecule has 0 fully saturated rings. The molecule has 0 saturated heterocycles. The van der Waals surface area contributed by atoms with Gasteiger partial charge in [-0.25, -0.2) is 13.4 Å². The Hall–Kier alpha value is -2.95. The van der Waals surface area contributed by atoms with Gasteiger partial charge in [0.1, 0.15) is 5.65 Å². The van der Waals surface area contributed by atoms with Crippen LogP contribution in [0.1, 0.15) is 17.5 Å². The minimum Gasteiger partial charge on any atom is -0.346 e. The number of nitrogens with one attached hydrogen (secondary N) is 1. The van der Waals surface area contributed by atoms with Crippen molar-refractivity contribution < 1.29 is 8.42 Å². The molecule has 1 aliphatic heterocycles. The molecular weight excluding hydrogens is 348 g/mol. The second-order valence-corrected chi connectivity index (χ2v) is 8.02. The number of nitrogens with zero attached hydrogens (tertiary/aromatic N) is 3. The number of aromatic nitrogens is 2. The molecule has 0 aliphatic carbocycles. The van der Waals surface area contributed by atoms with Crippen LogP contribution in [0.5, 0.6) is 0 Å². The third-order valence-electron chi connectivity index (χ3n) is 4.57. The average Bonchev–Trinajstić information content (AvgIpc) is 3.12. The van der Waals surface area contributed by atoms with Crippen molar-refractivity contribution in [1.29, 1.82) is 5.26 Å². The summed E-state index contributed by atoms with van der Waals surface area (Å²) in [6.07, 6.45) is 6.23. The van der Waals surface area contributed by atoms with Gasteiger partial charge < -0.3 is 4.98 Å². The van der Waals surface area contributed by atoms with Crippen molar-refractivity contribution >= 4 is 26.6 Å².